The monoisotopic (exact) mass is 314 g/mol. The molecule has 0 radical (unpaired) electrons. The molecule has 3 aromatic carbocycles. The van der Waals surface area contributed by atoms with Crippen LogP contribution in [0.3, 0.4) is 0 Å². The molecule has 0 atom stereocenters. The van der Waals surface area contributed by atoms with Crippen LogP contribution in [0.2, 0.25) is 0 Å². The Hall–Kier alpha value is -2.74. The fraction of sp³-hybridized carbons (Fsp3) is 0.182. The molecular weight excluding hydrogens is 292 g/mol. The van der Waals surface area contributed by atoms with Crippen molar-refractivity contribution in [2.24, 2.45) is 0 Å². The summed E-state index contributed by atoms with van der Waals surface area (Å²) in [5, 5.41) is 3.55. The van der Waals surface area contributed by atoms with E-state index in [4.69, 9.17) is 0 Å². The minimum atomic E-state index is 1.02. The summed E-state index contributed by atoms with van der Waals surface area (Å²) >= 11 is 0. The van der Waals surface area contributed by atoms with Crippen molar-refractivity contribution in [1.82, 2.24) is 0 Å². The molecule has 0 saturated heterocycles. The second-order valence-electron chi connectivity index (χ2n) is 6.73. The standard InChI is InChI=1S/C22H22N2/c1-15-11-20-17(13-22(15)23-18-7-5-4-6-8-18)12-16-9-10-19(24(2)3)14-21(16)20/h4-11,13-14,23H,12H2,1-3H3. The highest BCUT2D eigenvalue weighted by molar-refractivity contribution is 5.83. The van der Waals surface area contributed by atoms with Crippen LogP contribution in [0.15, 0.2) is 60.7 Å². The summed E-state index contributed by atoms with van der Waals surface area (Å²) in [6.45, 7) is 2.18. The average Bonchev–Trinajstić information content (AvgIpc) is 2.93. The molecule has 24 heavy (non-hydrogen) atoms. The highest BCUT2D eigenvalue weighted by Crippen LogP contribution is 2.41. The number of fused-ring (bicyclic) bond motifs is 3. The SMILES string of the molecule is Cc1cc2c(cc1Nc1ccccc1)Cc1ccc(N(C)C)cc1-2. The van der Waals surface area contributed by atoms with Gasteiger partial charge in [0, 0.05) is 31.2 Å². The average molecular weight is 314 g/mol. The van der Waals surface area contributed by atoms with Crippen LogP contribution >= 0.6 is 0 Å². The lowest BCUT2D eigenvalue weighted by molar-refractivity contribution is 1.13. The van der Waals surface area contributed by atoms with Gasteiger partial charge in [-0.05, 0) is 77.6 Å². The van der Waals surface area contributed by atoms with Crippen LogP contribution in [-0.4, -0.2) is 14.1 Å². The first-order chi connectivity index (χ1) is 11.6. The van der Waals surface area contributed by atoms with E-state index in [0.29, 0.717) is 0 Å². The molecule has 0 heterocycles. The van der Waals surface area contributed by atoms with Gasteiger partial charge >= 0.3 is 0 Å². The Morgan fingerprint density at radius 1 is 0.833 bits per heavy atom. The number of anilines is 3. The van der Waals surface area contributed by atoms with Crippen LogP contribution in [0.4, 0.5) is 17.1 Å². The molecule has 2 heteroatoms. The number of aryl methyl sites for hydroxylation is 1. The van der Waals surface area contributed by atoms with Gasteiger partial charge in [-0.2, -0.15) is 0 Å². The lowest BCUT2D eigenvalue weighted by atomic mass is 10.0. The zero-order valence-corrected chi connectivity index (χ0v) is 14.4. The number of hydrogen-bond acceptors (Lipinski definition) is 2. The van der Waals surface area contributed by atoms with E-state index in [-0.39, 0.29) is 0 Å². The minimum absolute atomic E-state index is 1.02. The van der Waals surface area contributed by atoms with Crippen LogP contribution in [0.25, 0.3) is 11.1 Å². The second kappa shape index (κ2) is 5.72. The number of nitrogens with one attached hydrogen (secondary N) is 1. The van der Waals surface area contributed by atoms with Crippen molar-refractivity contribution in [3.63, 3.8) is 0 Å². The van der Waals surface area contributed by atoms with E-state index in [1.54, 1.807) is 0 Å². The summed E-state index contributed by atoms with van der Waals surface area (Å²) in [4.78, 5) is 2.16. The zero-order valence-electron chi connectivity index (χ0n) is 14.4. The van der Waals surface area contributed by atoms with Gasteiger partial charge in [0.15, 0.2) is 0 Å². The zero-order chi connectivity index (χ0) is 16.7. The van der Waals surface area contributed by atoms with E-state index in [1.165, 1.54) is 39.2 Å². The Bertz CT molecular complexity index is 895. The number of nitrogens with zero attached hydrogens (tertiary/aromatic N) is 1. The van der Waals surface area contributed by atoms with Gasteiger partial charge in [-0.25, -0.2) is 0 Å². The van der Waals surface area contributed by atoms with Gasteiger partial charge in [-0.1, -0.05) is 24.3 Å². The fourth-order valence-corrected chi connectivity index (χ4v) is 3.41. The van der Waals surface area contributed by atoms with Crippen LogP contribution in [-0.2, 0) is 6.42 Å². The first kappa shape index (κ1) is 14.8. The van der Waals surface area contributed by atoms with Gasteiger partial charge < -0.3 is 10.2 Å². The molecule has 3 aromatic rings. The van der Waals surface area contributed by atoms with E-state index in [9.17, 15) is 0 Å². The molecule has 0 bridgehead atoms. The van der Waals surface area contributed by atoms with Gasteiger partial charge in [0.25, 0.3) is 0 Å². The molecule has 0 amide bonds. The molecule has 0 saturated carbocycles. The predicted octanol–water partition coefficient (Wildman–Crippen LogP) is 5.38. The van der Waals surface area contributed by atoms with E-state index in [0.717, 1.165) is 12.1 Å². The van der Waals surface area contributed by atoms with E-state index in [1.807, 2.05) is 6.07 Å². The Balaban J connectivity index is 1.73. The number of benzene rings is 3. The Morgan fingerprint density at radius 2 is 1.58 bits per heavy atom. The van der Waals surface area contributed by atoms with Crippen molar-refractivity contribution < 1.29 is 0 Å². The number of rotatable bonds is 3. The number of hydrogen-bond donors (Lipinski definition) is 1. The Morgan fingerprint density at radius 3 is 2.33 bits per heavy atom. The van der Waals surface area contributed by atoms with E-state index >= 15 is 0 Å². The smallest absolute Gasteiger partial charge is 0.0417 e. The van der Waals surface area contributed by atoms with Crippen molar-refractivity contribution in [3.05, 3.63) is 77.4 Å². The van der Waals surface area contributed by atoms with Crippen LogP contribution < -0.4 is 10.2 Å². The topological polar surface area (TPSA) is 15.3 Å². The largest absolute Gasteiger partial charge is 0.378 e. The summed E-state index contributed by atoms with van der Waals surface area (Å²) in [5.41, 5.74) is 10.4. The molecule has 4 rings (SSSR count). The van der Waals surface area contributed by atoms with Crippen molar-refractivity contribution in [3.8, 4) is 11.1 Å². The predicted molar refractivity (Wildman–Crippen MR) is 103 cm³/mol. The summed E-state index contributed by atoms with van der Waals surface area (Å²) < 4.78 is 0. The number of para-hydroxylation sites is 1. The maximum atomic E-state index is 3.55. The fourth-order valence-electron chi connectivity index (χ4n) is 3.41. The van der Waals surface area contributed by atoms with Crippen LogP contribution in [0, 0.1) is 6.92 Å². The molecule has 1 N–H and O–H groups in total. The van der Waals surface area contributed by atoms with Gasteiger partial charge in [-0.15, -0.1) is 0 Å². The normalized spacial score (nSPS) is 11.8. The van der Waals surface area contributed by atoms with Crippen molar-refractivity contribution in [2.45, 2.75) is 13.3 Å². The first-order valence-electron chi connectivity index (χ1n) is 8.38. The first-order valence-corrected chi connectivity index (χ1v) is 8.38. The molecule has 0 spiro atoms. The van der Waals surface area contributed by atoms with Gasteiger partial charge in [0.05, 0.1) is 0 Å². The highest BCUT2D eigenvalue weighted by atomic mass is 15.1. The van der Waals surface area contributed by atoms with Gasteiger partial charge in [0.2, 0.25) is 0 Å². The quantitative estimate of drug-likeness (QED) is 0.546. The molecule has 1 aliphatic carbocycles. The lowest BCUT2D eigenvalue weighted by Gasteiger charge is -2.15. The summed E-state index contributed by atoms with van der Waals surface area (Å²) in [5.74, 6) is 0. The van der Waals surface area contributed by atoms with Crippen LogP contribution in [0.5, 0.6) is 0 Å². The van der Waals surface area contributed by atoms with Crippen LogP contribution in [0.1, 0.15) is 16.7 Å². The highest BCUT2D eigenvalue weighted by Gasteiger charge is 2.20. The molecule has 2 nitrogen and oxygen atoms in total. The molecule has 0 fully saturated rings. The Kier molecular flexibility index (Phi) is 3.53. The lowest BCUT2D eigenvalue weighted by Crippen LogP contribution is -2.08. The van der Waals surface area contributed by atoms with Gasteiger partial charge in [0.1, 0.15) is 0 Å². The maximum absolute atomic E-state index is 3.55. The summed E-state index contributed by atoms with van der Waals surface area (Å²) in [6, 6.07) is 21.8. The van der Waals surface area contributed by atoms with Crippen molar-refractivity contribution in [1.29, 1.82) is 0 Å². The molecule has 0 unspecified atom stereocenters. The Labute approximate surface area is 143 Å². The van der Waals surface area contributed by atoms with Crippen molar-refractivity contribution >= 4 is 17.1 Å². The maximum Gasteiger partial charge on any atom is 0.0417 e. The van der Waals surface area contributed by atoms with Crippen molar-refractivity contribution in [2.75, 3.05) is 24.3 Å². The third-order valence-corrected chi connectivity index (χ3v) is 4.78. The molecule has 0 aliphatic heterocycles. The molecule has 0 aromatic heterocycles. The molecule has 1 aliphatic rings. The molecule has 120 valence electrons. The minimum Gasteiger partial charge on any atom is -0.378 e. The third kappa shape index (κ3) is 2.54. The molecular formula is C22H22N2. The van der Waals surface area contributed by atoms with Gasteiger partial charge in [-0.3, -0.25) is 0 Å². The van der Waals surface area contributed by atoms with E-state index < -0.39 is 0 Å². The third-order valence-electron chi connectivity index (χ3n) is 4.78. The second-order valence-corrected chi connectivity index (χ2v) is 6.73. The summed E-state index contributed by atoms with van der Waals surface area (Å²) in [6.07, 6.45) is 1.02. The van der Waals surface area contributed by atoms with E-state index in [2.05, 4.69) is 85.8 Å². The summed E-state index contributed by atoms with van der Waals surface area (Å²) in [7, 11) is 4.19.